The van der Waals surface area contributed by atoms with Gasteiger partial charge in [-0.2, -0.15) is 0 Å². The highest BCUT2D eigenvalue weighted by atomic mass is 32.2. The Morgan fingerprint density at radius 3 is 2.74 bits per heavy atom. The van der Waals surface area contributed by atoms with Crippen LogP contribution in [0.4, 0.5) is 11.4 Å². The van der Waals surface area contributed by atoms with Crippen molar-refractivity contribution >= 4 is 27.3 Å². The number of carbonyl (C=O) groups excluding carboxylic acids is 1. The van der Waals surface area contributed by atoms with Crippen molar-refractivity contribution in [3.8, 4) is 0 Å². The number of sulfonamides is 1. The summed E-state index contributed by atoms with van der Waals surface area (Å²) in [4.78, 5) is 14.4. The van der Waals surface area contributed by atoms with Crippen molar-refractivity contribution in [3.63, 3.8) is 0 Å². The van der Waals surface area contributed by atoms with Gasteiger partial charge in [-0.25, -0.2) is 8.42 Å². The molecule has 27 heavy (non-hydrogen) atoms. The normalized spacial score (nSPS) is 19.1. The van der Waals surface area contributed by atoms with Gasteiger partial charge in [0, 0.05) is 18.8 Å². The van der Waals surface area contributed by atoms with Crippen molar-refractivity contribution in [1.82, 2.24) is 0 Å². The fourth-order valence-electron chi connectivity index (χ4n) is 3.63. The molecule has 1 atom stereocenters. The van der Waals surface area contributed by atoms with Gasteiger partial charge in [-0.1, -0.05) is 36.4 Å². The molecular formula is C20H22N2O4S. The molecule has 0 bridgehead atoms. The Balaban J connectivity index is 1.52. The summed E-state index contributed by atoms with van der Waals surface area (Å²) in [5, 5.41) is 0. The highest BCUT2D eigenvalue weighted by molar-refractivity contribution is 7.91. The molecule has 0 aliphatic carbocycles. The molecule has 0 spiro atoms. The lowest BCUT2D eigenvalue weighted by Crippen LogP contribution is -2.37. The van der Waals surface area contributed by atoms with Crippen LogP contribution in [-0.4, -0.2) is 33.6 Å². The third kappa shape index (κ3) is 3.99. The molecule has 2 heterocycles. The first-order valence-corrected chi connectivity index (χ1v) is 10.8. The number of nitrogens with zero attached hydrogens (tertiary/aromatic N) is 1. The van der Waals surface area contributed by atoms with Crippen molar-refractivity contribution in [2.75, 3.05) is 22.8 Å². The highest BCUT2D eigenvalue weighted by Gasteiger charge is 2.33. The Bertz CT molecular complexity index is 938. The largest absolute Gasteiger partial charge is 0.368 e. The van der Waals surface area contributed by atoms with Gasteiger partial charge >= 0.3 is 0 Å². The van der Waals surface area contributed by atoms with E-state index in [4.69, 9.17) is 4.74 Å². The average Bonchev–Trinajstić information content (AvgIpc) is 3.31. The van der Waals surface area contributed by atoms with Crippen LogP contribution in [0.1, 0.15) is 24.0 Å². The van der Waals surface area contributed by atoms with Crippen molar-refractivity contribution in [3.05, 3.63) is 59.7 Å². The number of ether oxygens (including phenoxy) is 1. The first-order chi connectivity index (χ1) is 13.0. The van der Waals surface area contributed by atoms with Gasteiger partial charge in [0.2, 0.25) is 10.0 Å². The van der Waals surface area contributed by atoms with E-state index < -0.39 is 10.0 Å². The van der Waals surface area contributed by atoms with Crippen LogP contribution in [0, 0.1) is 0 Å². The Labute approximate surface area is 159 Å². The Morgan fingerprint density at radius 2 is 2.00 bits per heavy atom. The summed E-state index contributed by atoms with van der Waals surface area (Å²) in [6.45, 7) is 1.23. The zero-order valence-corrected chi connectivity index (χ0v) is 15.7. The van der Waals surface area contributed by atoms with E-state index in [1.165, 1.54) is 0 Å². The van der Waals surface area contributed by atoms with Crippen LogP contribution in [0.3, 0.4) is 0 Å². The SMILES string of the molecule is O=C(C1CCCO1)N1CCc2ccc(NS(=O)(=O)Cc3ccccc3)cc21. The predicted octanol–water partition coefficient (Wildman–Crippen LogP) is 2.70. The molecule has 0 radical (unpaired) electrons. The van der Waals surface area contributed by atoms with Crippen molar-refractivity contribution < 1.29 is 17.9 Å². The number of carbonyl (C=O) groups is 1. The standard InChI is InChI=1S/C20H22N2O4S/c23-20(19-7-4-12-26-19)22-11-10-16-8-9-17(13-18(16)22)21-27(24,25)14-15-5-2-1-3-6-15/h1-3,5-6,8-9,13,19,21H,4,7,10-12,14H2. The van der Waals surface area contributed by atoms with E-state index in [1.54, 1.807) is 29.2 Å². The first-order valence-electron chi connectivity index (χ1n) is 9.12. The molecule has 1 unspecified atom stereocenters. The maximum Gasteiger partial charge on any atom is 0.256 e. The van der Waals surface area contributed by atoms with Crippen LogP contribution in [0.5, 0.6) is 0 Å². The summed E-state index contributed by atoms with van der Waals surface area (Å²) in [6, 6.07) is 14.4. The van der Waals surface area contributed by atoms with Crippen molar-refractivity contribution in [1.29, 1.82) is 0 Å². The molecule has 142 valence electrons. The summed E-state index contributed by atoms with van der Waals surface area (Å²) < 4.78 is 33.1. The lowest BCUT2D eigenvalue weighted by Gasteiger charge is -2.21. The second kappa shape index (κ2) is 7.32. The van der Waals surface area contributed by atoms with Gasteiger partial charge in [-0.3, -0.25) is 9.52 Å². The fraction of sp³-hybridized carbons (Fsp3) is 0.350. The lowest BCUT2D eigenvalue weighted by atomic mass is 10.1. The topological polar surface area (TPSA) is 75.7 Å². The van der Waals surface area contributed by atoms with Gasteiger partial charge in [0.1, 0.15) is 6.10 Å². The number of benzene rings is 2. The minimum absolute atomic E-state index is 0.0319. The second-order valence-electron chi connectivity index (χ2n) is 6.93. The van der Waals surface area contributed by atoms with Gasteiger partial charge in [-0.05, 0) is 42.5 Å². The summed E-state index contributed by atoms with van der Waals surface area (Å²) in [5.74, 6) is -0.126. The Kier molecular flexibility index (Phi) is 4.88. The Morgan fingerprint density at radius 1 is 1.19 bits per heavy atom. The van der Waals surface area contributed by atoms with Gasteiger partial charge in [0.25, 0.3) is 5.91 Å². The summed E-state index contributed by atoms with van der Waals surface area (Å²) in [7, 11) is -3.54. The Hall–Kier alpha value is -2.38. The van der Waals surface area contributed by atoms with E-state index >= 15 is 0 Å². The highest BCUT2D eigenvalue weighted by Crippen LogP contribution is 2.33. The van der Waals surface area contributed by atoms with E-state index in [0.717, 1.165) is 36.1 Å². The lowest BCUT2D eigenvalue weighted by molar-refractivity contribution is -0.127. The van der Waals surface area contributed by atoms with Crippen LogP contribution >= 0.6 is 0 Å². The van der Waals surface area contributed by atoms with Crippen LogP contribution in [0.2, 0.25) is 0 Å². The summed E-state index contributed by atoms with van der Waals surface area (Å²) in [6.07, 6.45) is 2.03. The van der Waals surface area contributed by atoms with E-state index in [0.29, 0.717) is 18.8 Å². The maximum atomic E-state index is 12.7. The number of hydrogen-bond donors (Lipinski definition) is 1. The molecule has 2 aromatic rings. The van der Waals surface area contributed by atoms with E-state index in [-0.39, 0.29) is 17.8 Å². The molecule has 2 aliphatic rings. The number of nitrogens with one attached hydrogen (secondary N) is 1. The third-order valence-corrected chi connectivity index (χ3v) is 6.18. The van der Waals surface area contributed by atoms with Crippen LogP contribution in [-0.2, 0) is 31.7 Å². The molecule has 1 amide bonds. The molecule has 4 rings (SSSR count). The zero-order chi connectivity index (χ0) is 18.9. The van der Waals surface area contributed by atoms with Crippen molar-refractivity contribution in [2.45, 2.75) is 31.1 Å². The van der Waals surface area contributed by atoms with Crippen LogP contribution < -0.4 is 9.62 Å². The number of fused-ring (bicyclic) bond motifs is 1. The molecule has 2 aromatic carbocycles. The minimum Gasteiger partial charge on any atom is -0.368 e. The smallest absolute Gasteiger partial charge is 0.256 e. The maximum absolute atomic E-state index is 12.7. The monoisotopic (exact) mass is 386 g/mol. The van der Waals surface area contributed by atoms with Gasteiger partial charge in [0.15, 0.2) is 0 Å². The quantitative estimate of drug-likeness (QED) is 0.857. The predicted molar refractivity (Wildman–Crippen MR) is 104 cm³/mol. The molecule has 1 fully saturated rings. The van der Waals surface area contributed by atoms with Crippen molar-refractivity contribution in [2.24, 2.45) is 0 Å². The number of hydrogen-bond acceptors (Lipinski definition) is 4. The molecule has 2 aliphatic heterocycles. The van der Waals surface area contributed by atoms with Crippen LogP contribution in [0.25, 0.3) is 0 Å². The van der Waals surface area contributed by atoms with E-state index in [9.17, 15) is 13.2 Å². The molecule has 0 saturated carbocycles. The van der Waals surface area contributed by atoms with Gasteiger partial charge < -0.3 is 9.64 Å². The second-order valence-corrected chi connectivity index (χ2v) is 8.65. The molecule has 1 N–H and O–H groups in total. The van der Waals surface area contributed by atoms with E-state index in [2.05, 4.69) is 4.72 Å². The van der Waals surface area contributed by atoms with Gasteiger partial charge in [-0.15, -0.1) is 0 Å². The summed E-state index contributed by atoms with van der Waals surface area (Å²) >= 11 is 0. The number of rotatable bonds is 5. The molecule has 6 nitrogen and oxygen atoms in total. The number of anilines is 2. The summed E-state index contributed by atoms with van der Waals surface area (Å²) in [5.41, 5.74) is 3.01. The zero-order valence-electron chi connectivity index (χ0n) is 14.9. The molecule has 7 heteroatoms. The fourth-order valence-corrected chi connectivity index (χ4v) is 4.82. The molecular weight excluding hydrogens is 364 g/mol. The molecule has 0 aromatic heterocycles. The number of amides is 1. The third-order valence-electron chi connectivity index (χ3n) is 4.92. The van der Waals surface area contributed by atoms with E-state index in [1.807, 2.05) is 24.3 Å². The average molecular weight is 386 g/mol. The van der Waals surface area contributed by atoms with Crippen LogP contribution in [0.15, 0.2) is 48.5 Å². The minimum atomic E-state index is -3.54. The van der Waals surface area contributed by atoms with Gasteiger partial charge in [0.05, 0.1) is 11.4 Å². The first kappa shape index (κ1) is 18.0. The molecule has 1 saturated heterocycles.